The number of carbonyl (C=O) groups is 1. The van der Waals surface area contributed by atoms with Gasteiger partial charge in [-0.05, 0) is 23.6 Å². The van der Waals surface area contributed by atoms with Gasteiger partial charge in [0.2, 0.25) is 11.1 Å². The Balaban J connectivity index is 1.49. The zero-order valence-electron chi connectivity index (χ0n) is 11.7. The molecule has 0 bridgehead atoms. The van der Waals surface area contributed by atoms with Gasteiger partial charge in [-0.25, -0.2) is 9.67 Å². The molecule has 112 valence electrons. The Bertz CT molecular complexity index is 725. The van der Waals surface area contributed by atoms with Crippen molar-refractivity contribution < 1.29 is 4.79 Å². The van der Waals surface area contributed by atoms with Crippen LogP contribution in [0.1, 0.15) is 4.88 Å². The summed E-state index contributed by atoms with van der Waals surface area (Å²) in [4.78, 5) is 17.2. The van der Waals surface area contributed by atoms with E-state index in [9.17, 15) is 4.79 Å². The highest BCUT2D eigenvalue weighted by molar-refractivity contribution is 7.99. The van der Waals surface area contributed by atoms with Gasteiger partial charge in [0.25, 0.3) is 0 Å². The molecule has 1 aromatic carbocycles. The summed E-state index contributed by atoms with van der Waals surface area (Å²) in [7, 11) is 0. The molecule has 0 aliphatic heterocycles. The van der Waals surface area contributed by atoms with E-state index in [1.165, 1.54) is 11.8 Å². The summed E-state index contributed by atoms with van der Waals surface area (Å²) in [6, 6.07) is 13.7. The molecule has 3 rings (SSSR count). The third-order valence-corrected chi connectivity index (χ3v) is 4.59. The van der Waals surface area contributed by atoms with Crippen molar-refractivity contribution in [2.45, 2.75) is 11.7 Å². The Morgan fingerprint density at radius 1 is 1.23 bits per heavy atom. The van der Waals surface area contributed by atoms with Crippen LogP contribution in [0.4, 0.5) is 0 Å². The van der Waals surface area contributed by atoms with Crippen molar-refractivity contribution in [3.63, 3.8) is 0 Å². The molecule has 0 aliphatic rings. The summed E-state index contributed by atoms with van der Waals surface area (Å²) in [6.07, 6.45) is 1.65. The molecule has 7 heteroatoms. The van der Waals surface area contributed by atoms with Gasteiger partial charge in [-0.1, -0.05) is 36.0 Å². The quantitative estimate of drug-likeness (QED) is 0.706. The average molecular weight is 330 g/mol. The molecular weight excluding hydrogens is 316 g/mol. The largest absolute Gasteiger partial charge is 0.350 e. The molecule has 2 heterocycles. The van der Waals surface area contributed by atoms with E-state index in [1.807, 2.05) is 47.8 Å². The molecular formula is C15H14N4OS2. The Kier molecular flexibility index (Phi) is 4.87. The zero-order chi connectivity index (χ0) is 15.2. The number of benzene rings is 1. The van der Waals surface area contributed by atoms with Crippen molar-refractivity contribution in [3.8, 4) is 5.69 Å². The maximum Gasteiger partial charge on any atom is 0.230 e. The van der Waals surface area contributed by atoms with E-state index in [-0.39, 0.29) is 5.91 Å². The van der Waals surface area contributed by atoms with Gasteiger partial charge in [-0.2, -0.15) is 0 Å². The lowest BCUT2D eigenvalue weighted by atomic mass is 10.3. The monoisotopic (exact) mass is 330 g/mol. The van der Waals surface area contributed by atoms with Crippen molar-refractivity contribution >= 4 is 29.0 Å². The Morgan fingerprint density at radius 2 is 2.09 bits per heavy atom. The minimum Gasteiger partial charge on any atom is -0.350 e. The second kappa shape index (κ2) is 7.24. The fourth-order valence-electron chi connectivity index (χ4n) is 1.80. The van der Waals surface area contributed by atoms with Crippen LogP contribution in [0.15, 0.2) is 59.3 Å². The van der Waals surface area contributed by atoms with E-state index < -0.39 is 0 Å². The molecule has 0 radical (unpaired) electrons. The maximum absolute atomic E-state index is 11.8. The molecule has 22 heavy (non-hydrogen) atoms. The first kappa shape index (κ1) is 14.8. The van der Waals surface area contributed by atoms with Gasteiger partial charge in [0.05, 0.1) is 18.0 Å². The molecule has 0 unspecified atom stereocenters. The van der Waals surface area contributed by atoms with E-state index in [0.717, 1.165) is 10.6 Å². The maximum atomic E-state index is 11.8. The Morgan fingerprint density at radius 3 is 2.86 bits per heavy atom. The van der Waals surface area contributed by atoms with Crippen LogP contribution in [0.5, 0.6) is 0 Å². The average Bonchev–Trinajstić information content (AvgIpc) is 3.23. The Hall–Kier alpha value is -2.12. The van der Waals surface area contributed by atoms with Crippen LogP contribution in [0, 0.1) is 0 Å². The van der Waals surface area contributed by atoms with Crippen LogP contribution in [0.2, 0.25) is 0 Å². The van der Waals surface area contributed by atoms with E-state index in [4.69, 9.17) is 0 Å². The van der Waals surface area contributed by atoms with Crippen molar-refractivity contribution in [2.75, 3.05) is 5.75 Å². The van der Waals surface area contributed by atoms with Crippen molar-refractivity contribution in [1.82, 2.24) is 20.1 Å². The van der Waals surface area contributed by atoms with Gasteiger partial charge in [0, 0.05) is 4.88 Å². The molecule has 1 N–H and O–H groups in total. The number of amides is 1. The minimum atomic E-state index is -0.0190. The normalized spacial score (nSPS) is 10.5. The third kappa shape index (κ3) is 3.96. The van der Waals surface area contributed by atoms with Gasteiger partial charge in [0.1, 0.15) is 6.33 Å². The molecule has 0 atom stereocenters. The number of para-hydroxylation sites is 1. The van der Waals surface area contributed by atoms with Gasteiger partial charge in [0.15, 0.2) is 0 Å². The number of aromatic nitrogens is 3. The van der Waals surface area contributed by atoms with Crippen LogP contribution in [-0.4, -0.2) is 26.4 Å². The summed E-state index contributed by atoms with van der Waals surface area (Å²) < 4.78 is 1.70. The van der Waals surface area contributed by atoms with Crippen molar-refractivity contribution in [1.29, 1.82) is 0 Å². The molecule has 0 saturated carbocycles. The molecule has 0 fully saturated rings. The smallest absolute Gasteiger partial charge is 0.230 e. The number of carbonyl (C=O) groups excluding carboxylic acids is 1. The lowest BCUT2D eigenvalue weighted by molar-refractivity contribution is -0.118. The SMILES string of the molecule is O=C(CSc1ncn(-c2ccccc2)n1)NCc1cccs1. The molecule has 3 aromatic rings. The number of rotatable bonds is 6. The molecule has 1 amide bonds. The number of thioether (sulfide) groups is 1. The first-order chi connectivity index (χ1) is 10.8. The third-order valence-electron chi connectivity index (χ3n) is 2.86. The molecule has 0 spiro atoms. The van der Waals surface area contributed by atoms with E-state index in [1.54, 1.807) is 22.3 Å². The highest BCUT2D eigenvalue weighted by Crippen LogP contribution is 2.14. The topological polar surface area (TPSA) is 59.8 Å². The number of nitrogens with one attached hydrogen (secondary N) is 1. The van der Waals surface area contributed by atoms with Gasteiger partial charge < -0.3 is 5.32 Å². The highest BCUT2D eigenvalue weighted by Gasteiger charge is 2.07. The van der Waals surface area contributed by atoms with Crippen molar-refractivity contribution in [3.05, 3.63) is 59.0 Å². The predicted molar refractivity (Wildman–Crippen MR) is 88.2 cm³/mol. The fraction of sp³-hybridized carbons (Fsp3) is 0.133. The van der Waals surface area contributed by atoms with E-state index in [0.29, 0.717) is 17.5 Å². The number of hydrogen-bond donors (Lipinski definition) is 1. The van der Waals surface area contributed by atoms with E-state index >= 15 is 0 Å². The molecule has 2 aromatic heterocycles. The van der Waals surface area contributed by atoms with Crippen molar-refractivity contribution in [2.24, 2.45) is 0 Å². The number of hydrogen-bond acceptors (Lipinski definition) is 5. The second-order valence-electron chi connectivity index (χ2n) is 4.45. The van der Waals surface area contributed by atoms with Crippen LogP contribution in [-0.2, 0) is 11.3 Å². The molecule has 0 aliphatic carbocycles. The molecule has 0 saturated heterocycles. The standard InChI is InChI=1S/C15H14N4OS2/c20-14(16-9-13-7-4-8-21-13)10-22-15-17-11-19(18-15)12-5-2-1-3-6-12/h1-8,11H,9-10H2,(H,16,20). The zero-order valence-corrected chi connectivity index (χ0v) is 13.3. The number of nitrogens with zero attached hydrogens (tertiary/aromatic N) is 3. The van der Waals surface area contributed by atoms with Crippen LogP contribution in [0.3, 0.4) is 0 Å². The highest BCUT2D eigenvalue weighted by atomic mass is 32.2. The lowest BCUT2D eigenvalue weighted by Crippen LogP contribution is -2.24. The lowest BCUT2D eigenvalue weighted by Gasteiger charge is -2.01. The number of thiophene rings is 1. The first-order valence-electron chi connectivity index (χ1n) is 6.70. The first-order valence-corrected chi connectivity index (χ1v) is 8.57. The minimum absolute atomic E-state index is 0.0190. The summed E-state index contributed by atoms with van der Waals surface area (Å²) in [5.74, 6) is 0.291. The fourth-order valence-corrected chi connectivity index (χ4v) is 3.07. The summed E-state index contributed by atoms with van der Waals surface area (Å²) in [5, 5.41) is 9.82. The summed E-state index contributed by atoms with van der Waals surface area (Å²) in [6.45, 7) is 0.572. The summed E-state index contributed by atoms with van der Waals surface area (Å²) in [5.41, 5.74) is 0.948. The van der Waals surface area contributed by atoms with Crippen LogP contribution < -0.4 is 5.32 Å². The predicted octanol–water partition coefficient (Wildman–Crippen LogP) is 2.74. The van der Waals surface area contributed by atoms with Crippen LogP contribution >= 0.6 is 23.1 Å². The van der Waals surface area contributed by atoms with Crippen LogP contribution in [0.25, 0.3) is 5.69 Å². The molecule has 5 nitrogen and oxygen atoms in total. The van der Waals surface area contributed by atoms with Gasteiger partial charge in [-0.3, -0.25) is 4.79 Å². The summed E-state index contributed by atoms with van der Waals surface area (Å²) >= 11 is 2.96. The second-order valence-corrected chi connectivity index (χ2v) is 6.43. The van der Waals surface area contributed by atoms with Gasteiger partial charge in [-0.15, -0.1) is 16.4 Å². The van der Waals surface area contributed by atoms with E-state index in [2.05, 4.69) is 15.4 Å². The van der Waals surface area contributed by atoms with Gasteiger partial charge >= 0.3 is 0 Å². The Labute approximate surface area is 136 Å².